The predicted molar refractivity (Wildman–Crippen MR) is 72.8 cm³/mol. The summed E-state index contributed by atoms with van der Waals surface area (Å²) >= 11 is 13.8. The molecule has 88 valence electrons. The SMILES string of the molecule is Clc1ccc(SCC2CCCNC2)c(Cl)c1. The van der Waals surface area contributed by atoms with E-state index in [1.807, 2.05) is 30.0 Å². The molecule has 0 aromatic heterocycles. The third-order valence-electron chi connectivity index (χ3n) is 2.77. The van der Waals surface area contributed by atoms with Gasteiger partial charge in [0.1, 0.15) is 0 Å². The van der Waals surface area contributed by atoms with Gasteiger partial charge in [0.2, 0.25) is 0 Å². The Bertz CT molecular complexity index is 351. The molecule has 1 fully saturated rings. The Morgan fingerprint density at radius 1 is 1.38 bits per heavy atom. The largest absolute Gasteiger partial charge is 0.316 e. The number of rotatable bonds is 3. The lowest BCUT2D eigenvalue weighted by Gasteiger charge is -2.22. The van der Waals surface area contributed by atoms with Crippen LogP contribution in [0.15, 0.2) is 23.1 Å². The van der Waals surface area contributed by atoms with E-state index in [9.17, 15) is 0 Å². The van der Waals surface area contributed by atoms with E-state index < -0.39 is 0 Å². The summed E-state index contributed by atoms with van der Waals surface area (Å²) in [6, 6.07) is 5.71. The van der Waals surface area contributed by atoms with Crippen molar-refractivity contribution in [1.82, 2.24) is 5.32 Å². The lowest BCUT2D eigenvalue weighted by atomic mass is 10.0. The highest BCUT2D eigenvalue weighted by Crippen LogP contribution is 2.31. The molecule has 1 heterocycles. The second kappa shape index (κ2) is 6.15. The van der Waals surface area contributed by atoms with Gasteiger partial charge in [0.05, 0.1) is 5.02 Å². The maximum Gasteiger partial charge on any atom is 0.0556 e. The predicted octanol–water partition coefficient (Wildman–Crippen LogP) is 4.09. The maximum atomic E-state index is 6.13. The molecule has 1 atom stereocenters. The topological polar surface area (TPSA) is 12.0 Å². The molecular formula is C12H15Cl2NS. The Hall–Kier alpha value is 0.110. The molecule has 0 aliphatic carbocycles. The van der Waals surface area contributed by atoms with Gasteiger partial charge in [-0.3, -0.25) is 0 Å². The van der Waals surface area contributed by atoms with Crippen molar-refractivity contribution in [2.24, 2.45) is 5.92 Å². The van der Waals surface area contributed by atoms with E-state index in [1.54, 1.807) is 0 Å². The van der Waals surface area contributed by atoms with E-state index in [0.717, 1.165) is 28.1 Å². The smallest absolute Gasteiger partial charge is 0.0556 e. The molecular weight excluding hydrogens is 261 g/mol. The van der Waals surface area contributed by atoms with Crippen LogP contribution in [0.25, 0.3) is 0 Å². The highest BCUT2D eigenvalue weighted by molar-refractivity contribution is 7.99. The molecule has 1 aliphatic heterocycles. The fourth-order valence-electron chi connectivity index (χ4n) is 1.87. The standard InChI is InChI=1S/C12H15Cl2NS/c13-10-3-4-12(11(14)6-10)16-8-9-2-1-5-15-7-9/h3-4,6,9,15H,1-2,5,7-8H2. The van der Waals surface area contributed by atoms with Crippen molar-refractivity contribution in [2.45, 2.75) is 17.7 Å². The molecule has 0 radical (unpaired) electrons. The molecule has 16 heavy (non-hydrogen) atoms. The van der Waals surface area contributed by atoms with Crippen LogP contribution >= 0.6 is 35.0 Å². The minimum Gasteiger partial charge on any atom is -0.316 e. The van der Waals surface area contributed by atoms with Gasteiger partial charge in [-0.05, 0) is 50.0 Å². The summed E-state index contributed by atoms with van der Waals surface area (Å²) in [7, 11) is 0. The first kappa shape index (κ1) is 12.6. The lowest BCUT2D eigenvalue weighted by Crippen LogP contribution is -2.30. The number of nitrogens with one attached hydrogen (secondary N) is 1. The Labute approximate surface area is 111 Å². The van der Waals surface area contributed by atoms with Gasteiger partial charge in [0.15, 0.2) is 0 Å². The number of thioether (sulfide) groups is 1. The minimum absolute atomic E-state index is 0.702. The second-order valence-corrected chi connectivity index (χ2v) is 6.00. The van der Waals surface area contributed by atoms with Crippen LogP contribution in [-0.4, -0.2) is 18.8 Å². The Kier molecular flexibility index (Phi) is 4.83. The Morgan fingerprint density at radius 3 is 2.94 bits per heavy atom. The van der Waals surface area contributed by atoms with Gasteiger partial charge >= 0.3 is 0 Å². The second-order valence-electron chi connectivity index (χ2n) is 4.10. The van der Waals surface area contributed by atoms with Crippen molar-refractivity contribution in [2.75, 3.05) is 18.8 Å². The molecule has 1 aromatic rings. The summed E-state index contributed by atoms with van der Waals surface area (Å²) < 4.78 is 0. The molecule has 0 spiro atoms. The van der Waals surface area contributed by atoms with Gasteiger partial charge in [0.25, 0.3) is 0 Å². The van der Waals surface area contributed by atoms with Crippen molar-refractivity contribution < 1.29 is 0 Å². The molecule has 1 aromatic carbocycles. The van der Waals surface area contributed by atoms with Gasteiger partial charge in [-0.1, -0.05) is 23.2 Å². The van der Waals surface area contributed by atoms with Crippen molar-refractivity contribution in [3.63, 3.8) is 0 Å². The Balaban J connectivity index is 1.88. The lowest BCUT2D eigenvalue weighted by molar-refractivity contribution is 0.410. The highest BCUT2D eigenvalue weighted by atomic mass is 35.5. The van der Waals surface area contributed by atoms with E-state index >= 15 is 0 Å². The number of hydrogen-bond acceptors (Lipinski definition) is 2. The summed E-state index contributed by atoms with van der Waals surface area (Å²) in [6.07, 6.45) is 2.62. The van der Waals surface area contributed by atoms with Crippen LogP contribution in [0.5, 0.6) is 0 Å². The van der Waals surface area contributed by atoms with Crippen molar-refractivity contribution in [3.05, 3.63) is 28.2 Å². The molecule has 0 saturated carbocycles. The fourth-order valence-corrected chi connectivity index (χ4v) is 3.50. The van der Waals surface area contributed by atoms with Crippen LogP contribution in [0.4, 0.5) is 0 Å². The molecule has 1 N–H and O–H groups in total. The molecule has 1 unspecified atom stereocenters. The van der Waals surface area contributed by atoms with Gasteiger partial charge < -0.3 is 5.32 Å². The van der Waals surface area contributed by atoms with E-state index in [-0.39, 0.29) is 0 Å². The average molecular weight is 276 g/mol. The number of halogens is 2. The van der Waals surface area contributed by atoms with Crippen LogP contribution < -0.4 is 5.32 Å². The molecule has 4 heteroatoms. The molecule has 0 amide bonds. The highest BCUT2D eigenvalue weighted by Gasteiger charge is 2.13. The summed E-state index contributed by atoms with van der Waals surface area (Å²) in [5.74, 6) is 1.90. The number of benzene rings is 1. The fraction of sp³-hybridized carbons (Fsp3) is 0.500. The third kappa shape index (κ3) is 3.56. The van der Waals surface area contributed by atoms with Crippen LogP contribution in [0.3, 0.4) is 0 Å². The average Bonchev–Trinajstić information content (AvgIpc) is 2.29. The molecule has 1 nitrogen and oxygen atoms in total. The molecule has 1 saturated heterocycles. The zero-order valence-corrected chi connectivity index (χ0v) is 11.3. The van der Waals surface area contributed by atoms with Crippen LogP contribution in [-0.2, 0) is 0 Å². The summed E-state index contributed by atoms with van der Waals surface area (Å²) in [6.45, 7) is 2.31. The summed E-state index contributed by atoms with van der Waals surface area (Å²) in [5.41, 5.74) is 0. The van der Waals surface area contributed by atoms with E-state index in [4.69, 9.17) is 23.2 Å². The summed E-state index contributed by atoms with van der Waals surface area (Å²) in [5, 5.41) is 4.89. The maximum absolute atomic E-state index is 6.13. The number of hydrogen-bond donors (Lipinski definition) is 1. The number of piperidine rings is 1. The monoisotopic (exact) mass is 275 g/mol. The molecule has 2 rings (SSSR count). The van der Waals surface area contributed by atoms with Crippen LogP contribution in [0.1, 0.15) is 12.8 Å². The zero-order chi connectivity index (χ0) is 11.4. The third-order valence-corrected chi connectivity index (χ3v) is 4.73. The van der Waals surface area contributed by atoms with Crippen molar-refractivity contribution >= 4 is 35.0 Å². The Morgan fingerprint density at radius 2 is 2.25 bits per heavy atom. The van der Waals surface area contributed by atoms with E-state index in [2.05, 4.69) is 5.32 Å². The van der Waals surface area contributed by atoms with E-state index in [0.29, 0.717) is 5.02 Å². The van der Waals surface area contributed by atoms with Gasteiger partial charge in [-0.25, -0.2) is 0 Å². The first-order chi connectivity index (χ1) is 7.75. The van der Waals surface area contributed by atoms with Crippen LogP contribution in [0, 0.1) is 5.92 Å². The zero-order valence-electron chi connectivity index (χ0n) is 9.01. The van der Waals surface area contributed by atoms with E-state index in [1.165, 1.54) is 19.4 Å². The van der Waals surface area contributed by atoms with Crippen molar-refractivity contribution in [1.29, 1.82) is 0 Å². The summed E-state index contributed by atoms with van der Waals surface area (Å²) in [4.78, 5) is 1.14. The minimum atomic E-state index is 0.702. The van der Waals surface area contributed by atoms with Gasteiger partial charge in [-0.15, -0.1) is 11.8 Å². The quantitative estimate of drug-likeness (QED) is 0.835. The first-order valence-corrected chi connectivity index (χ1v) is 7.28. The first-order valence-electron chi connectivity index (χ1n) is 5.54. The normalized spacial score (nSPS) is 21.0. The van der Waals surface area contributed by atoms with Crippen molar-refractivity contribution in [3.8, 4) is 0 Å². The molecule has 0 bridgehead atoms. The van der Waals surface area contributed by atoms with Gasteiger partial charge in [-0.2, -0.15) is 0 Å². The van der Waals surface area contributed by atoms with Crippen LogP contribution in [0.2, 0.25) is 10.0 Å². The van der Waals surface area contributed by atoms with Gasteiger partial charge in [0, 0.05) is 15.7 Å². The molecule has 1 aliphatic rings.